The minimum Gasteiger partial charge on any atom is -0.280 e. The maximum atomic E-state index is 5.12. The Morgan fingerprint density at radius 1 is 1.83 bits per heavy atom. The highest BCUT2D eigenvalue weighted by Crippen LogP contribution is 1.79. The molecule has 0 unspecified atom stereocenters. The van der Waals surface area contributed by atoms with Crippen LogP contribution in [0.5, 0.6) is 0 Å². The molecule has 0 aromatic heterocycles. The van der Waals surface area contributed by atoms with Gasteiger partial charge in [0, 0.05) is 0 Å². The van der Waals surface area contributed by atoms with Gasteiger partial charge in [-0.15, -0.1) is 0 Å². The molecule has 0 heterocycles. The molecule has 0 aliphatic rings. The van der Waals surface area contributed by atoms with Crippen molar-refractivity contribution in [2.75, 3.05) is 6.26 Å². The van der Waals surface area contributed by atoms with Crippen LogP contribution in [0.1, 0.15) is 0 Å². The number of nitrogens with one attached hydrogen (secondary N) is 1. The summed E-state index contributed by atoms with van der Waals surface area (Å²) in [5.41, 5.74) is 5.12. The predicted molar refractivity (Wildman–Crippen MR) is 27.9 cm³/mol. The van der Waals surface area contributed by atoms with E-state index in [1.54, 1.807) is 0 Å². The van der Waals surface area contributed by atoms with E-state index in [2.05, 4.69) is 5.10 Å². The summed E-state index contributed by atoms with van der Waals surface area (Å²) in [5.74, 6) is 4.85. The van der Waals surface area contributed by atoms with Crippen LogP contribution in [-0.4, -0.2) is 11.4 Å². The second kappa shape index (κ2) is 2.84. The van der Waals surface area contributed by atoms with Crippen molar-refractivity contribution >= 4 is 16.9 Å². The van der Waals surface area contributed by atoms with Crippen LogP contribution in [-0.2, 0) is 0 Å². The van der Waals surface area contributed by atoms with E-state index < -0.39 is 0 Å². The van der Waals surface area contributed by atoms with Crippen molar-refractivity contribution in [3.8, 4) is 0 Å². The molecule has 0 amide bonds. The molecule has 0 saturated carbocycles. The number of hydrazone groups is 1. The molecular formula is C2H8N3S+. The monoisotopic (exact) mass is 106 g/mol. The molecule has 0 spiro atoms. The van der Waals surface area contributed by atoms with Gasteiger partial charge in [0.25, 0.3) is 0 Å². The van der Waals surface area contributed by atoms with E-state index in [1.807, 2.05) is 6.26 Å². The predicted octanol–water partition coefficient (Wildman–Crippen LogP) is -2.38. The third-order valence-corrected chi connectivity index (χ3v) is 0.920. The number of amidine groups is 1. The van der Waals surface area contributed by atoms with Crippen LogP contribution in [0.2, 0.25) is 0 Å². The molecule has 0 aliphatic heterocycles. The largest absolute Gasteiger partial charge is 0.324 e. The second-order valence-corrected chi connectivity index (χ2v) is 1.56. The van der Waals surface area contributed by atoms with Crippen LogP contribution in [0.4, 0.5) is 0 Å². The average Bonchev–Trinajstić information content (AvgIpc) is 1.65. The van der Waals surface area contributed by atoms with E-state index in [4.69, 9.17) is 11.6 Å². The van der Waals surface area contributed by atoms with Crippen LogP contribution in [0, 0.1) is 0 Å². The summed E-state index contributed by atoms with van der Waals surface area (Å²) in [4.78, 5) is 0. The Morgan fingerprint density at radius 3 is 2.33 bits per heavy atom. The van der Waals surface area contributed by atoms with E-state index in [9.17, 15) is 0 Å². The van der Waals surface area contributed by atoms with Crippen molar-refractivity contribution < 1.29 is 5.10 Å². The highest BCUT2D eigenvalue weighted by molar-refractivity contribution is 8.12. The van der Waals surface area contributed by atoms with E-state index >= 15 is 0 Å². The topological polar surface area (TPSA) is 66.0 Å². The lowest BCUT2D eigenvalue weighted by molar-refractivity contribution is -0.467. The molecule has 0 rings (SSSR count). The smallest absolute Gasteiger partial charge is 0.280 e. The first kappa shape index (κ1) is 5.62. The number of hydrogen-bond acceptors (Lipinski definition) is 2. The van der Waals surface area contributed by atoms with Crippen LogP contribution in [0.25, 0.3) is 0 Å². The normalized spacial score (nSPS) is 11.8. The third kappa shape index (κ3) is 1.90. The molecule has 0 saturated heterocycles. The Hall–Kier alpha value is -0.380. The SMILES string of the molecule is CS/C(N)=[NH+]\N. The van der Waals surface area contributed by atoms with Gasteiger partial charge in [0.1, 0.15) is 0 Å². The quantitative estimate of drug-likeness (QED) is 0.140. The highest BCUT2D eigenvalue weighted by Gasteiger charge is 1.85. The molecule has 3 nitrogen and oxygen atoms in total. The third-order valence-electron chi connectivity index (χ3n) is 0.362. The fourth-order valence-electron chi connectivity index (χ4n) is 0.0589. The van der Waals surface area contributed by atoms with Crippen LogP contribution >= 0.6 is 11.8 Å². The van der Waals surface area contributed by atoms with Gasteiger partial charge in [0.05, 0.1) is 0 Å². The number of nitrogens with two attached hydrogens (primary N) is 2. The van der Waals surface area contributed by atoms with Crippen molar-refractivity contribution in [3.05, 3.63) is 0 Å². The summed E-state index contributed by atoms with van der Waals surface area (Å²) < 4.78 is 0. The van der Waals surface area contributed by atoms with Crippen LogP contribution in [0.3, 0.4) is 0 Å². The van der Waals surface area contributed by atoms with Gasteiger partial charge in [-0.05, 0) is 18.0 Å². The summed E-state index contributed by atoms with van der Waals surface area (Å²) in [6.45, 7) is 0. The van der Waals surface area contributed by atoms with Crippen LogP contribution in [0.15, 0.2) is 0 Å². The number of hydrazine groups is 1. The zero-order chi connectivity index (χ0) is 4.99. The van der Waals surface area contributed by atoms with Crippen LogP contribution < -0.4 is 16.7 Å². The molecule has 0 aromatic carbocycles. The summed E-state index contributed by atoms with van der Waals surface area (Å²) in [6, 6.07) is 0. The van der Waals surface area contributed by atoms with Crippen molar-refractivity contribution in [1.82, 2.24) is 0 Å². The molecule has 4 heteroatoms. The van der Waals surface area contributed by atoms with E-state index in [0.29, 0.717) is 5.17 Å². The molecular weight excluding hydrogens is 98.1 g/mol. The number of hydrogen-bond donors (Lipinski definition) is 3. The summed E-state index contributed by atoms with van der Waals surface area (Å²) >= 11 is 1.38. The Balaban J connectivity index is 3.22. The maximum absolute atomic E-state index is 5.12. The van der Waals surface area contributed by atoms with Gasteiger partial charge < -0.3 is 0 Å². The van der Waals surface area contributed by atoms with Crippen molar-refractivity contribution in [1.29, 1.82) is 0 Å². The summed E-state index contributed by atoms with van der Waals surface area (Å²) in [5, 5.41) is 2.81. The average molecular weight is 106 g/mol. The summed E-state index contributed by atoms with van der Waals surface area (Å²) in [7, 11) is 0. The fraction of sp³-hybridized carbons (Fsp3) is 0.500. The lowest BCUT2D eigenvalue weighted by Gasteiger charge is -1.76. The van der Waals surface area contributed by atoms with E-state index in [1.165, 1.54) is 11.8 Å². The van der Waals surface area contributed by atoms with Gasteiger partial charge in [0.15, 0.2) is 0 Å². The second-order valence-electron chi connectivity index (χ2n) is 0.713. The minimum absolute atomic E-state index is 0.537. The molecule has 0 aromatic rings. The standard InChI is InChI=1S/C2H7N3S/c1-6-2(3)5-4/h4H2,1H3,(H2,3,5)/p+1. The Bertz CT molecular complexity index is 59.8. The zero-order valence-corrected chi connectivity index (χ0v) is 4.38. The maximum Gasteiger partial charge on any atom is 0.324 e. The van der Waals surface area contributed by atoms with Gasteiger partial charge in [-0.25, -0.2) is 0 Å². The molecule has 6 heavy (non-hydrogen) atoms. The minimum atomic E-state index is 0.537. The molecule has 0 fully saturated rings. The molecule has 36 valence electrons. The molecule has 0 radical (unpaired) electrons. The molecule has 5 N–H and O–H groups in total. The Labute approximate surface area is 40.8 Å². The molecule has 0 bridgehead atoms. The Morgan fingerprint density at radius 2 is 2.33 bits per heavy atom. The highest BCUT2D eigenvalue weighted by atomic mass is 32.2. The van der Waals surface area contributed by atoms with E-state index in [-0.39, 0.29) is 0 Å². The first-order valence-electron chi connectivity index (χ1n) is 1.44. The van der Waals surface area contributed by atoms with Gasteiger partial charge >= 0.3 is 5.17 Å². The number of rotatable bonds is 0. The van der Waals surface area contributed by atoms with Crippen molar-refractivity contribution in [2.24, 2.45) is 11.6 Å². The molecule has 0 aliphatic carbocycles. The lowest BCUT2D eigenvalue weighted by Crippen LogP contribution is -2.81. The van der Waals surface area contributed by atoms with Crippen molar-refractivity contribution in [3.63, 3.8) is 0 Å². The van der Waals surface area contributed by atoms with Gasteiger partial charge in [-0.2, -0.15) is 5.10 Å². The van der Waals surface area contributed by atoms with Gasteiger partial charge in [-0.1, -0.05) is 0 Å². The van der Waals surface area contributed by atoms with Gasteiger partial charge in [0.2, 0.25) is 0 Å². The fourth-order valence-corrected chi connectivity index (χ4v) is 0.177. The first-order valence-corrected chi connectivity index (χ1v) is 2.66. The first-order chi connectivity index (χ1) is 2.81. The van der Waals surface area contributed by atoms with Crippen molar-refractivity contribution in [2.45, 2.75) is 0 Å². The number of thioether (sulfide) groups is 1. The van der Waals surface area contributed by atoms with E-state index in [0.717, 1.165) is 0 Å². The molecule has 0 atom stereocenters. The lowest BCUT2D eigenvalue weighted by atomic mass is 11.4. The zero-order valence-electron chi connectivity index (χ0n) is 3.56. The Kier molecular flexibility index (Phi) is 2.66. The van der Waals surface area contributed by atoms with Gasteiger partial charge in [-0.3, -0.25) is 11.6 Å². The summed E-state index contributed by atoms with van der Waals surface area (Å²) in [6.07, 6.45) is 1.84.